The number of fused-ring (bicyclic) bond motifs is 5. The number of ether oxygens (including phenoxy) is 2. The zero-order chi connectivity index (χ0) is 23.8. The lowest BCUT2D eigenvalue weighted by Crippen LogP contribution is -2.15. The number of thioether (sulfide) groups is 1. The van der Waals surface area contributed by atoms with Crippen molar-refractivity contribution in [2.24, 2.45) is 5.92 Å². The fraction of sp³-hybridized carbons (Fsp3) is 0.417. The summed E-state index contributed by atoms with van der Waals surface area (Å²) in [6.45, 7) is 4.39. The van der Waals surface area contributed by atoms with Gasteiger partial charge in [-0.1, -0.05) is 25.6 Å². The Morgan fingerprint density at radius 3 is 2.91 bits per heavy atom. The van der Waals surface area contributed by atoms with Crippen LogP contribution in [0.25, 0.3) is 15.9 Å². The van der Waals surface area contributed by atoms with Gasteiger partial charge in [0.2, 0.25) is 5.91 Å². The van der Waals surface area contributed by atoms with Crippen LogP contribution in [0.2, 0.25) is 0 Å². The van der Waals surface area contributed by atoms with Gasteiger partial charge in [0, 0.05) is 17.4 Å². The van der Waals surface area contributed by atoms with Crippen molar-refractivity contribution in [3.05, 3.63) is 34.5 Å². The van der Waals surface area contributed by atoms with Crippen molar-refractivity contribution >= 4 is 50.6 Å². The van der Waals surface area contributed by atoms with Crippen molar-refractivity contribution in [1.29, 1.82) is 0 Å². The second kappa shape index (κ2) is 9.42. The number of thiophene rings is 1. The molecule has 1 aliphatic carbocycles. The average Bonchev–Trinajstić information content (AvgIpc) is 3.42. The van der Waals surface area contributed by atoms with E-state index in [9.17, 15) is 4.79 Å². The number of nitrogens with zero attached hydrogens (tertiary/aromatic N) is 4. The highest BCUT2D eigenvalue weighted by molar-refractivity contribution is 7.99. The van der Waals surface area contributed by atoms with Crippen molar-refractivity contribution in [2.45, 2.75) is 44.7 Å². The molecule has 3 heterocycles. The first-order valence-corrected chi connectivity index (χ1v) is 13.2. The number of hydrogen-bond donors (Lipinski definition) is 1. The fourth-order valence-electron chi connectivity index (χ4n) is 4.44. The van der Waals surface area contributed by atoms with Gasteiger partial charge in [-0.3, -0.25) is 9.20 Å². The molecule has 4 aromatic rings. The van der Waals surface area contributed by atoms with Crippen molar-refractivity contribution in [3.63, 3.8) is 0 Å². The molecule has 0 radical (unpaired) electrons. The minimum Gasteiger partial charge on any atom is -0.497 e. The van der Waals surface area contributed by atoms with Gasteiger partial charge in [-0.15, -0.1) is 21.5 Å². The molecule has 0 saturated carbocycles. The molecular formula is C24H27N5O3S2. The van der Waals surface area contributed by atoms with E-state index in [1.165, 1.54) is 28.6 Å². The number of methoxy groups -OCH3 is 2. The molecule has 34 heavy (non-hydrogen) atoms. The van der Waals surface area contributed by atoms with E-state index >= 15 is 0 Å². The van der Waals surface area contributed by atoms with Gasteiger partial charge >= 0.3 is 0 Å². The summed E-state index contributed by atoms with van der Waals surface area (Å²) in [6.07, 6.45) is 4.10. The van der Waals surface area contributed by atoms with Gasteiger partial charge in [-0.2, -0.15) is 0 Å². The molecule has 0 unspecified atom stereocenters. The Bertz CT molecular complexity index is 1380. The number of hydrogen-bond acceptors (Lipinski definition) is 8. The SMILES string of the molecule is CCc1nc2sc3c(c2c2nnc(SCC(=O)Nc4cc(OC)ccc4OC)n12)CC[C@H](C)C3. The highest BCUT2D eigenvalue weighted by atomic mass is 32.2. The van der Waals surface area contributed by atoms with Crippen LogP contribution in [0, 0.1) is 5.92 Å². The maximum absolute atomic E-state index is 12.8. The van der Waals surface area contributed by atoms with E-state index in [2.05, 4.69) is 29.4 Å². The molecule has 8 nitrogen and oxygen atoms in total. The third-order valence-corrected chi connectivity index (χ3v) is 8.25. The third kappa shape index (κ3) is 4.09. The monoisotopic (exact) mass is 497 g/mol. The standard InChI is InChI=1S/C24H27N5O3S2/c1-5-19-26-23-21(15-8-6-13(2)10-18(15)34-23)22-27-28-24(29(19)22)33-12-20(30)25-16-11-14(31-3)7-9-17(16)32-4/h7,9,11,13H,5-6,8,10,12H2,1-4H3,(H,25,30)/t13-/m0/s1. The first-order valence-electron chi connectivity index (χ1n) is 11.3. The van der Waals surface area contributed by atoms with Gasteiger partial charge in [0.15, 0.2) is 10.8 Å². The maximum atomic E-state index is 12.8. The van der Waals surface area contributed by atoms with E-state index in [1.54, 1.807) is 43.8 Å². The second-order valence-corrected chi connectivity index (χ2v) is 10.5. The molecular weight excluding hydrogens is 470 g/mol. The predicted molar refractivity (Wildman–Crippen MR) is 136 cm³/mol. The lowest BCUT2D eigenvalue weighted by molar-refractivity contribution is -0.113. The first-order chi connectivity index (χ1) is 16.5. The van der Waals surface area contributed by atoms with Crippen LogP contribution in [0.1, 0.15) is 36.5 Å². The molecule has 10 heteroatoms. The number of nitrogens with one attached hydrogen (secondary N) is 1. The largest absolute Gasteiger partial charge is 0.497 e. The summed E-state index contributed by atoms with van der Waals surface area (Å²) >= 11 is 3.15. The number of amides is 1. The summed E-state index contributed by atoms with van der Waals surface area (Å²) in [5, 5.41) is 13.7. The molecule has 1 amide bonds. The molecule has 1 N–H and O–H groups in total. The van der Waals surface area contributed by atoms with Gasteiger partial charge in [0.25, 0.3) is 0 Å². The molecule has 0 fully saturated rings. The van der Waals surface area contributed by atoms with Crippen LogP contribution < -0.4 is 14.8 Å². The van der Waals surface area contributed by atoms with Gasteiger partial charge in [0.05, 0.1) is 31.0 Å². The zero-order valence-corrected chi connectivity index (χ0v) is 21.3. The quantitative estimate of drug-likeness (QED) is 0.368. The van der Waals surface area contributed by atoms with Crippen LogP contribution in [0.4, 0.5) is 5.69 Å². The lowest BCUT2D eigenvalue weighted by Gasteiger charge is -2.17. The van der Waals surface area contributed by atoms with E-state index in [0.29, 0.717) is 28.3 Å². The van der Waals surface area contributed by atoms with Crippen LogP contribution in [0.15, 0.2) is 23.4 Å². The molecule has 1 aromatic carbocycles. The van der Waals surface area contributed by atoms with Crippen molar-refractivity contribution in [2.75, 3.05) is 25.3 Å². The second-order valence-electron chi connectivity index (χ2n) is 8.46. The summed E-state index contributed by atoms with van der Waals surface area (Å²) < 4.78 is 12.6. The van der Waals surface area contributed by atoms with Crippen LogP contribution in [0.3, 0.4) is 0 Å². The van der Waals surface area contributed by atoms with Crippen LogP contribution >= 0.6 is 23.1 Å². The van der Waals surface area contributed by atoms with E-state index in [4.69, 9.17) is 14.5 Å². The number of benzene rings is 1. The number of aromatic nitrogens is 4. The molecule has 3 aromatic heterocycles. The van der Waals surface area contributed by atoms with E-state index in [1.807, 2.05) is 4.40 Å². The van der Waals surface area contributed by atoms with E-state index in [0.717, 1.165) is 41.0 Å². The Hall–Kier alpha value is -2.85. The van der Waals surface area contributed by atoms with Gasteiger partial charge < -0.3 is 14.8 Å². The van der Waals surface area contributed by atoms with Crippen LogP contribution in [-0.2, 0) is 24.1 Å². The molecule has 1 aliphatic rings. The van der Waals surface area contributed by atoms with E-state index in [-0.39, 0.29) is 11.7 Å². The Morgan fingerprint density at radius 2 is 2.15 bits per heavy atom. The van der Waals surface area contributed by atoms with Crippen molar-refractivity contribution in [3.8, 4) is 11.5 Å². The van der Waals surface area contributed by atoms with E-state index < -0.39 is 0 Å². The van der Waals surface area contributed by atoms with Gasteiger partial charge in [0.1, 0.15) is 22.2 Å². The molecule has 0 bridgehead atoms. The molecule has 1 atom stereocenters. The minimum absolute atomic E-state index is 0.165. The topological polar surface area (TPSA) is 90.6 Å². The average molecular weight is 498 g/mol. The minimum atomic E-state index is -0.165. The van der Waals surface area contributed by atoms with Gasteiger partial charge in [-0.05, 0) is 42.9 Å². The number of anilines is 1. The summed E-state index contributed by atoms with van der Waals surface area (Å²) in [5.74, 6) is 2.85. The highest BCUT2D eigenvalue weighted by Crippen LogP contribution is 2.39. The Balaban J connectivity index is 1.43. The fourth-order valence-corrected chi connectivity index (χ4v) is 6.58. The summed E-state index contributed by atoms with van der Waals surface area (Å²) in [7, 11) is 3.15. The molecule has 178 valence electrons. The predicted octanol–water partition coefficient (Wildman–Crippen LogP) is 4.77. The summed E-state index contributed by atoms with van der Waals surface area (Å²) in [4.78, 5) is 20.2. The lowest BCUT2D eigenvalue weighted by atomic mass is 9.89. The zero-order valence-electron chi connectivity index (χ0n) is 19.7. The maximum Gasteiger partial charge on any atom is 0.234 e. The number of aryl methyl sites for hydroxylation is 2. The van der Waals surface area contributed by atoms with Crippen LogP contribution in [-0.4, -0.2) is 45.5 Å². The van der Waals surface area contributed by atoms with Crippen molar-refractivity contribution < 1.29 is 14.3 Å². The highest BCUT2D eigenvalue weighted by Gasteiger charge is 2.25. The first kappa shape index (κ1) is 22.9. The third-order valence-electron chi connectivity index (χ3n) is 6.17. The number of carbonyl (C=O) groups excluding carboxylic acids is 1. The summed E-state index contributed by atoms with van der Waals surface area (Å²) in [6, 6.07) is 5.29. The normalized spacial score (nSPS) is 15.5. The summed E-state index contributed by atoms with van der Waals surface area (Å²) in [5.41, 5.74) is 2.80. The van der Waals surface area contributed by atoms with Gasteiger partial charge in [-0.25, -0.2) is 4.98 Å². The number of rotatable bonds is 7. The molecule has 0 aliphatic heterocycles. The number of carbonyl (C=O) groups is 1. The smallest absolute Gasteiger partial charge is 0.234 e. The Labute approximate surface area is 206 Å². The molecule has 5 rings (SSSR count). The molecule has 0 spiro atoms. The molecule has 0 saturated heterocycles. The Kier molecular flexibility index (Phi) is 6.35. The van der Waals surface area contributed by atoms with Crippen molar-refractivity contribution in [1.82, 2.24) is 19.6 Å². The van der Waals surface area contributed by atoms with Crippen LogP contribution in [0.5, 0.6) is 11.5 Å². The Morgan fingerprint density at radius 1 is 1.29 bits per heavy atom.